The van der Waals surface area contributed by atoms with Gasteiger partial charge in [-0.3, -0.25) is 57.5 Å². The number of thioether (sulfide) groups is 1. The van der Waals surface area contributed by atoms with Crippen molar-refractivity contribution in [3.05, 3.63) is 174 Å². The minimum atomic E-state index is -2.50. The number of phenols is 1. The van der Waals surface area contributed by atoms with Crippen LogP contribution in [0.2, 0.25) is 0 Å². The topological polar surface area (TPSA) is 525 Å². The Labute approximate surface area is 765 Å². The van der Waals surface area contributed by atoms with Crippen LogP contribution in [0.5, 0.6) is 11.5 Å². The van der Waals surface area contributed by atoms with E-state index in [2.05, 4.69) is 49.5 Å². The highest BCUT2D eigenvalue weighted by Crippen LogP contribution is 2.35. The maximum Gasteiger partial charge on any atom is 0.408 e. The van der Waals surface area contributed by atoms with Gasteiger partial charge in [-0.1, -0.05) is 169 Å². The Kier molecular flexibility index (Phi) is 39.5. The van der Waals surface area contributed by atoms with Crippen LogP contribution in [-0.2, 0) is 70.5 Å². The van der Waals surface area contributed by atoms with E-state index < -0.39 is 218 Å². The van der Waals surface area contributed by atoms with Gasteiger partial charge in [0.15, 0.2) is 23.6 Å². The van der Waals surface area contributed by atoms with Gasteiger partial charge >= 0.3 is 6.09 Å². The molecule has 3 aliphatic rings. The summed E-state index contributed by atoms with van der Waals surface area (Å²) in [4.78, 5) is 187. The molecule has 708 valence electrons. The first-order valence-corrected chi connectivity index (χ1v) is 45.9. The van der Waals surface area contributed by atoms with E-state index in [0.717, 1.165) is 89.1 Å². The predicted octanol–water partition coefficient (Wildman–Crippen LogP) is 5.13. The number of alkyl carbamates (subject to hydrolysis) is 1. The zero-order valence-corrected chi connectivity index (χ0v) is 75.5. The molecule has 10 amide bonds. The van der Waals surface area contributed by atoms with Gasteiger partial charge in [-0.05, 0) is 146 Å². The first-order chi connectivity index (χ1) is 62.6. The van der Waals surface area contributed by atoms with E-state index in [1.807, 2.05) is 68.6 Å². The summed E-state index contributed by atoms with van der Waals surface area (Å²) >= 11 is 1.50. The molecule has 17 N–H and O–H groups in total. The van der Waals surface area contributed by atoms with E-state index in [4.69, 9.17) is 9.47 Å². The van der Waals surface area contributed by atoms with Crippen LogP contribution < -0.4 is 47.3 Å². The quantitative estimate of drug-likeness (QED) is 0.0135. The number of nitrogens with zero attached hydrogens (tertiary/aromatic N) is 2. The number of carbonyl (C=O) groups is 13. The van der Waals surface area contributed by atoms with Crippen molar-refractivity contribution in [2.75, 3.05) is 37.0 Å². The first kappa shape index (κ1) is 103. The van der Waals surface area contributed by atoms with Crippen molar-refractivity contribution in [3.8, 4) is 33.8 Å². The van der Waals surface area contributed by atoms with Crippen LogP contribution in [0.3, 0.4) is 0 Å². The van der Waals surface area contributed by atoms with Gasteiger partial charge in [0.2, 0.25) is 47.8 Å². The van der Waals surface area contributed by atoms with E-state index in [1.54, 1.807) is 72.8 Å². The lowest BCUT2D eigenvalue weighted by Gasteiger charge is -2.33. The second kappa shape index (κ2) is 50.2. The second-order valence-corrected chi connectivity index (χ2v) is 35.4. The molecule has 35 heteroatoms. The molecule has 6 aromatic rings. The first-order valence-electron chi connectivity index (χ1n) is 44.5. The molecule has 0 aliphatic carbocycles. The number of hydrogen-bond acceptors (Lipinski definition) is 25. The summed E-state index contributed by atoms with van der Waals surface area (Å²) in [5.41, 5.74) is 3.77. The minimum absolute atomic E-state index is 0.0277. The molecule has 0 saturated carbocycles. The van der Waals surface area contributed by atoms with Gasteiger partial charge in [-0.2, -0.15) is 11.8 Å². The lowest BCUT2D eigenvalue weighted by atomic mass is 9.86. The number of Topliss-reactive ketones (excluding diaryl/α,β-unsaturated/α-hetero) is 3. The summed E-state index contributed by atoms with van der Waals surface area (Å²) in [7, 11) is 0. The Bertz CT molecular complexity index is 4840. The lowest BCUT2D eigenvalue weighted by molar-refractivity contribution is -0.149. The second-order valence-electron chi connectivity index (χ2n) is 34.4. The average molecular weight is 1830 g/mol. The van der Waals surface area contributed by atoms with Crippen molar-refractivity contribution in [1.82, 2.24) is 47.0 Å². The van der Waals surface area contributed by atoms with E-state index >= 15 is 9.59 Å². The molecule has 3 heterocycles. The van der Waals surface area contributed by atoms with Gasteiger partial charge in [0.25, 0.3) is 5.91 Å². The number of amides is 10. The van der Waals surface area contributed by atoms with E-state index in [0.29, 0.717) is 42.7 Å². The van der Waals surface area contributed by atoms with Crippen molar-refractivity contribution in [3.63, 3.8) is 0 Å². The summed E-state index contributed by atoms with van der Waals surface area (Å²) in [6.45, 7) is 8.75. The molecule has 0 aromatic heterocycles. The summed E-state index contributed by atoms with van der Waals surface area (Å²) in [6, 6.07) is 28.9. The zero-order chi connectivity index (χ0) is 95.3. The molecule has 19 atom stereocenters. The molecule has 0 unspecified atom stereocenters. The van der Waals surface area contributed by atoms with Crippen molar-refractivity contribution in [1.29, 1.82) is 0 Å². The monoisotopic (exact) mass is 1830 g/mol. The fourth-order valence-corrected chi connectivity index (χ4v) is 16.8. The normalized spacial score (nSPS) is 22.4. The van der Waals surface area contributed by atoms with E-state index in [9.17, 15) is 98.7 Å². The Hall–Kier alpha value is -11.5. The SMILES string of the molecule is CCCCCOc1ccc(-c2ccc(-c3ccc(C(=O)N[C@H]4C[C@@H](O)[C@@H](O)NC(=O)[C@@H]5[C@@H](O)[C@@H](C)CN5C(=O)[C@H]([C@@H](C)O)NC(=O)[C@H]([C@H](O)[C@@H](O)c5ccc(O)c(NC(=O)[C@H](CCCCCC(=O)[C@H](Cc6ccccc6)NC(=O)[C@@H](CC(=O)[C@H](CCSC)NC=O)CC(C)C)NC(=O)OCc6ccccc6)c5)CC(=O)[C@@H]5C[C@@H](O)CN5C(=O)[C@H]([C@@H](C)O)NC4=O)cc3)cc2)cc1. The molecule has 3 fully saturated rings. The maximum absolute atomic E-state index is 15.2. The average Bonchev–Trinajstić information content (AvgIpc) is 1.64. The summed E-state index contributed by atoms with van der Waals surface area (Å²) in [5.74, 6) is -14.1. The van der Waals surface area contributed by atoms with E-state index in [1.165, 1.54) is 30.8 Å². The number of hydrogen-bond donors (Lipinski definition) is 17. The largest absolute Gasteiger partial charge is 0.506 e. The molecule has 9 rings (SSSR count). The number of phenolic OH excluding ortho intramolecular Hbond substituents is 1. The third-order valence-electron chi connectivity index (χ3n) is 23.8. The smallest absolute Gasteiger partial charge is 0.408 e. The van der Waals surface area contributed by atoms with Gasteiger partial charge in [0.1, 0.15) is 60.5 Å². The number of unbranched alkanes of at least 4 members (excludes halogenated alkanes) is 4. The fraction of sp³-hybridized carbons (Fsp3) is 0.490. The van der Waals surface area contributed by atoms with Crippen molar-refractivity contribution >= 4 is 94.6 Å². The standard InChI is InChI=1S/C96H124N10O24S/c1-8-9-19-41-129-68-37-34-63(35-38-68)61-28-26-60(27-29-61)62-30-32-64(33-31-62)87(119)100-74-49-80(115)92(124)104-93(125)83-84(116)55(4)50-106(83)95(127)82(57(6)109)102-89(121)69(48-79(114)75-47-67(110)51-105(75)94(126)81(56(5)108)103-91(74)123)86(118)85(117)65-36-39-77(112)73(45-65)99-90(122)71(101-96(128)130-52-59-22-15-11-16-23-59)24-17-12-18-25-76(111)72(44-58-20-13-10-14-21-58)98-88(120)66(43-54(2)3)46-78(113)70(97-53-107)40-42-131-7/h10-11,13-16,20-23,26-39,45,53-57,66-67,69-72,74-75,80-86,92,108-110,112,115-118,124H,8-9,12,17-19,24-25,40-44,46-52H2,1-7H3,(H,97,107)(H,98,120)(H,99,122)(H,100,119)(H,101,128)(H,102,121)(H,103,123)(H,104,125)/t55-,56+,57+,66+,67+,69-,70-,71-,72-,74-,75-,80+,81-,82-,83-,84-,85-,86-,92+/m0/s1. The van der Waals surface area contributed by atoms with E-state index in [-0.39, 0.29) is 80.2 Å². The van der Waals surface area contributed by atoms with Gasteiger partial charge < -0.3 is 108 Å². The number of aliphatic hydroxyl groups excluding tert-OH is 8. The van der Waals surface area contributed by atoms with Gasteiger partial charge in [0.05, 0.1) is 66.9 Å². The minimum Gasteiger partial charge on any atom is -0.506 e. The highest BCUT2D eigenvalue weighted by Gasteiger charge is 2.51. The summed E-state index contributed by atoms with van der Waals surface area (Å²) in [5, 5.41) is 125. The molecule has 0 radical (unpaired) electrons. The fourth-order valence-electron chi connectivity index (χ4n) is 16.3. The molecule has 0 bridgehead atoms. The number of rotatable bonds is 40. The van der Waals surface area contributed by atoms with Crippen molar-refractivity contribution < 1.29 is 118 Å². The van der Waals surface area contributed by atoms with Crippen LogP contribution in [0.25, 0.3) is 22.3 Å². The van der Waals surface area contributed by atoms with Crippen LogP contribution in [0, 0.1) is 23.7 Å². The van der Waals surface area contributed by atoms with Crippen LogP contribution in [0.15, 0.2) is 152 Å². The Morgan fingerprint density at radius 3 is 1.83 bits per heavy atom. The molecule has 6 aromatic carbocycles. The van der Waals surface area contributed by atoms with Crippen LogP contribution in [-0.4, -0.2) is 256 Å². The Balaban J connectivity index is 0.949. The van der Waals surface area contributed by atoms with Crippen LogP contribution in [0.1, 0.15) is 165 Å². The molecule has 3 saturated heterocycles. The van der Waals surface area contributed by atoms with Gasteiger partial charge in [-0.15, -0.1) is 0 Å². The van der Waals surface area contributed by atoms with Crippen molar-refractivity contribution in [2.45, 2.75) is 242 Å². The number of ketones is 3. The molecule has 0 spiro atoms. The third kappa shape index (κ3) is 29.5. The number of aromatic hydroxyl groups is 1. The Morgan fingerprint density at radius 1 is 0.626 bits per heavy atom. The van der Waals surface area contributed by atoms with Crippen LogP contribution in [0.4, 0.5) is 10.5 Å². The molecule has 34 nitrogen and oxygen atoms in total. The summed E-state index contributed by atoms with van der Waals surface area (Å²) < 4.78 is 11.4. The number of carbonyl (C=O) groups excluding carboxylic acids is 13. The highest BCUT2D eigenvalue weighted by atomic mass is 32.2. The number of aliphatic hydroxyl groups is 8. The Morgan fingerprint density at radius 2 is 1.23 bits per heavy atom. The molecular weight excluding hydrogens is 1710 g/mol. The van der Waals surface area contributed by atoms with Gasteiger partial charge in [0, 0.05) is 62.6 Å². The third-order valence-corrected chi connectivity index (χ3v) is 24.5. The van der Waals surface area contributed by atoms with Gasteiger partial charge in [-0.25, -0.2) is 4.79 Å². The van der Waals surface area contributed by atoms with Crippen LogP contribution >= 0.6 is 11.8 Å². The molecule has 131 heavy (non-hydrogen) atoms. The zero-order valence-electron chi connectivity index (χ0n) is 74.7. The number of anilines is 1. The van der Waals surface area contributed by atoms with Crippen molar-refractivity contribution in [2.24, 2.45) is 23.7 Å². The predicted molar refractivity (Wildman–Crippen MR) is 485 cm³/mol. The highest BCUT2D eigenvalue weighted by molar-refractivity contribution is 7.98. The number of fused-ring (bicyclic) bond motifs is 2. The number of benzene rings is 6. The maximum atomic E-state index is 15.2. The number of ether oxygens (including phenoxy) is 2. The molecular formula is C96H124N10O24S. The lowest BCUT2D eigenvalue weighted by Crippen LogP contribution is -2.61. The summed E-state index contributed by atoms with van der Waals surface area (Å²) in [6.07, 6.45) is -13.8. The number of nitrogens with one attached hydrogen (secondary N) is 8. The molecule has 3 aliphatic heterocycles.